The largest absolute Gasteiger partial charge is 0.508 e. The Morgan fingerprint density at radius 2 is 1.69 bits per heavy atom. The van der Waals surface area contributed by atoms with Gasteiger partial charge in [0.15, 0.2) is 0 Å². The third-order valence-electron chi connectivity index (χ3n) is 6.31. The number of sulfonamides is 1. The highest BCUT2D eigenvalue weighted by atomic mass is 32.2. The number of aromatic nitrogens is 1. The Balaban J connectivity index is 1.52. The maximum Gasteiger partial charge on any atom is 0.328 e. The second kappa shape index (κ2) is 9.64. The second-order valence-electron chi connectivity index (χ2n) is 8.69. The third kappa shape index (κ3) is 4.60. The molecule has 39 heavy (non-hydrogen) atoms. The van der Waals surface area contributed by atoms with Crippen molar-refractivity contribution >= 4 is 62.6 Å². The third-order valence-corrected chi connectivity index (χ3v) is 9.84. The fraction of sp³-hybridized carbons (Fsp3) is 0.174. The Labute approximate surface area is 228 Å². The highest BCUT2D eigenvalue weighted by molar-refractivity contribution is 8.00. The number of para-hydroxylation sites is 1. The number of anilines is 1. The van der Waals surface area contributed by atoms with E-state index in [-0.39, 0.29) is 26.9 Å². The number of primary amides is 1. The minimum absolute atomic E-state index is 0.148. The second-order valence-corrected chi connectivity index (χ2v) is 12.4. The molecule has 0 aliphatic carbocycles. The van der Waals surface area contributed by atoms with Crippen LogP contribution in [0.4, 0.5) is 10.5 Å². The summed E-state index contributed by atoms with van der Waals surface area (Å²) in [4.78, 5) is 64.1. The minimum Gasteiger partial charge on any atom is -0.508 e. The summed E-state index contributed by atoms with van der Waals surface area (Å²) in [5, 5.41) is 17.3. The Kier molecular flexibility index (Phi) is 6.58. The number of hydrogen-bond donors (Lipinski definition) is 4. The molecule has 1 fully saturated rings. The van der Waals surface area contributed by atoms with Crippen LogP contribution in [0.2, 0.25) is 0 Å². The van der Waals surface area contributed by atoms with Crippen LogP contribution < -0.4 is 21.1 Å². The van der Waals surface area contributed by atoms with E-state index in [1.54, 1.807) is 18.2 Å². The highest BCUT2D eigenvalue weighted by Gasteiger charge is 2.58. The van der Waals surface area contributed by atoms with Gasteiger partial charge in [-0.2, -0.15) is 4.90 Å². The Morgan fingerprint density at radius 1 is 1.03 bits per heavy atom. The summed E-state index contributed by atoms with van der Waals surface area (Å²) >= 11 is 1.64. The van der Waals surface area contributed by atoms with Gasteiger partial charge in [0.1, 0.15) is 17.5 Å². The number of benzene rings is 2. The van der Waals surface area contributed by atoms with Gasteiger partial charge in [-0.1, -0.05) is 41.3 Å². The molecule has 2 aliphatic rings. The minimum atomic E-state index is -3.92. The summed E-state index contributed by atoms with van der Waals surface area (Å²) in [7, 11) is -3.92. The molecule has 3 aromatic rings. The highest BCUT2D eigenvalue weighted by Crippen LogP contribution is 2.54. The first-order valence-electron chi connectivity index (χ1n) is 11.2. The first-order chi connectivity index (χ1) is 18.4. The van der Waals surface area contributed by atoms with Crippen molar-refractivity contribution in [1.82, 2.24) is 9.47 Å². The Bertz CT molecular complexity index is 1710. The number of aromatic hydroxyl groups is 1. The van der Waals surface area contributed by atoms with Gasteiger partial charge in [-0.15, -0.1) is 0 Å². The number of carbonyl (C=O) groups is 4. The predicted molar refractivity (Wildman–Crippen MR) is 140 cm³/mol. The molecule has 3 atom stereocenters. The van der Waals surface area contributed by atoms with Crippen molar-refractivity contribution in [2.45, 2.75) is 27.6 Å². The number of urea groups is 1. The number of phenols is 1. The summed E-state index contributed by atoms with van der Waals surface area (Å²) in [6.45, 7) is -0.471. The average molecular weight is 590 g/mol. The van der Waals surface area contributed by atoms with Crippen LogP contribution in [0.25, 0.3) is 0 Å². The molecule has 0 saturated carbocycles. The van der Waals surface area contributed by atoms with E-state index in [4.69, 9.17) is 10.9 Å². The van der Waals surface area contributed by atoms with E-state index in [2.05, 4.69) is 5.32 Å². The lowest BCUT2D eigenvalue weighted by Crippen LogP contribution is -2.41. The molecule has 16 heteroatoms. The predicted octanol–water partition coefficient (Wildman–Crippen LogP) is 0.571. The number of rotatable bonds is 5. The summed E-state index contributed by atoms with van der Waals surface area (Å²) in [5.41, 5.74) is 5.82. The Morgan fingerprint density at radius 3 is 2.31 bits per heavy atom. The van der Waals surface area contributed by atoms with Crippen molar-refractivity contribution in [3.05, 3.63) is 68.6 Å². The van der Waals surface area contributed by atoms with Crippen molar-refractivity contribution in [1.29, 1.82) is 0 Å². The first-order valence-corrected chi connectivity index (χ1v) is 14.4. The fourth-order valence-electron chi connectivity index (χ4n) is 4.63. The van der Waals surface area contributed by atoms with Crippen molar-refractivity contribution in [3.8, 4) is 5.75 Å². The Hall–Kier alpha value is -3.99. The van der Waals surface area contributed by atoms with Crippen LogP contribution >= 0.6 is 23.1 Å². The molecule has 202 valence electrons. The van der Waals surface area contributed by atoms with Crippen LogP contribution in [-0.4, -0.2) is 52.0 Å². The molecule has 0 radical (unpaired) electrons. The average Bonchev–Trinajstić information content (AvgIpc) is 3.30. The van der Waals surface area contributed by atoms with Gasteiger partial charge in [0.2, 0.25) is 21.8 Å². The maximum absolute atomic E-state index is 13.2. The van der Waals surface area contributed by atoms with Gasteiger partial charge in [-0.05, 0) is 30.3 Å². The molecular weight excluding hydrogens is 570 g/mol. The summed E-state index contributed by atoms with van der Waals surface area (Å²) < 4.78 is 24.0. The van der Waals surface area contributed by atoms with Gasteiger partial charge in [-0.3, -0.25) is 23.7 Å². The number of thiazole rings is 1. The van der Waals surface area contributed by atoms with Gasteiger partial charge in [0.05, 0.1) is 15.8 Å². The molecule has 1 aromatic heterocycles. The van der Waals surface area contributed by atoms with Crippen LogP contribution in [0.15, 0.2) is 63.2 Å². The molecule has 5 rings (SSSR count). The van der Waals surface area contributed by atoms with Gasteiger partial charge >= 0.3 is 10.9 Å². The van der Waals surface area contributed by atoms with Gasteiger partial charge in [0, 0.05) is 22.0 Å². The lowest BCUT2D eigenvalue weighted by molar-refractivity contribution is -0.135. The van der Waals surface area contributed by atoms with Crippen LogP contribution in [-0.2, 0) is 31.0 Å². The molecule has 6 N–H and O–H groups in total. The monoisotopic (exact) mass is 589 g/mol. The summed E-state index contributed by atoms with van der Waals surface area (Å²) in [6.07, 6.45) is 0. The smallest absolute Gasteiger partial charge is 0.328 e. The number of hydrogen-bond acceptors (Lipinski definition) is 10. The molecule has 1 saturated heterocycles. The summed E-state index contributed by atoms with van der Waals surface area (Å²) in [5.74, 6) is -4.56. The van der Waals surface area contributed by atoms with E-state index in [9.17, 15) is 37.5 Å². The molecule has 13 nitrogen and oxygen atoms in total. The molecular formula is C23H19N5O8S3. The van der Waals surface area contributed by atoms with Gasteiger partial charge < -0.3 is 16.2 Å². The SMILES string of the molecule is NC(=O)N1C(=O)C2Sc3c(sc(=O)n3CC(=O)Nc3ccc(S(N)(=O)=O)cc3)[C@@H](c3ccccc3O)C2C1=O. The van der Waals surface area contributed by atoms with Crippen molar-refractivity contribution < 1.29 is 32.7 Å². The van der Waals surface area contributed by atoms with Crippen LogP contribution in [0.3, 0.4) is 0 Å². The topological polar surface area (TPSA) is 212 Å². The molecule has 2 aromatic carbocycles. The van der Waals surface area contributed by atoms with E-state index >= 15 is 0 Å². The number of nitrogens with two attached hydrogens (primary N) is 2. The van der Waals surface area contributed by atoms with Crippen molar-refractivity contribution in [3.63, 3.8) is 0 Å². The quantitative estimate of drug-likeness (QED) is 0.306. The summed E-state index contributed by atoms with van der Waals surface area (Å²) in [6, 6.07) is 9.99. The van der Waals surface area contributed by atoms with Crippen LogP contribution in [0, 0.1) is 5.92 Å². The van der Waals surface area contributed by atoms with Crippen LogP contribution in [0.1, 0.15) is 16.4 Å². The van der Waals surface area contributed by atoms with E-state index in [1.165, 1.54) is 30.3 Å². The standard InChI is InChI=1S/C23H19N5O8S3/c24-22(33)28-19(31)16-15(12-3-1-2-4-13(12)29)18-21(37-17(16)20(28)32)27(23(34)38-18)9-14(30)26-10-5-7-11(8-6-10)39(25,35)36/h1-8,15-17,29H,9H2,(H2,24,33)(H,26,30)(H2,25,35,36)/t15-,16?,17?/m0/s1. The first kappa shape index (κ1) is 26.6. The zero-order valence-electron chi connectivity index (χ0n) is 19.6. The number of imide groups is 3. The maximum atomic E-state index is 13.2. The molecule has 0 spiro atoms. The number of phenolic OH excluding ortho intramolecular Hbond substituents is 1. The molecule has 0 bridgehead atoms. The van der Waals surface area contributed by atoms with E-state index in [0.29, 0.717) is 9.78 Å². The number of nitrogens with zero attached hydrogens (tertiary/aromatic N) is 2. The molecule has 5 amide bonds. The van der Waals surface area contributed by atoms with Gasteiger partial charge in [-0.25, -0.2) is 18.4 Å². The van der Waals surface area contributed by atoms with Gasteiger partial charge in [0.25, 0.3) is 5.91 Å². The number of carbonyl (C=O) groups excluding carboxylic acids is 4. The van der Waals surface area contributed by atoms with Crippen molar-refractivity contribution in [2.75, 3.05) is 5.32 Å². The number of amides is 5. The number of nitrogens with one attached hydrogen (secondary N) is 1. The van der Waals surface area contributed by atoms with E-state index in [1.807, 2.05) is 0 Å². The zero-order valence-corrected chi connectivity index (χ0v) is 22.1. The molecule has 3 heterocycles. The van der Waals surface area contributed by atoms with E-state index < -0.39 is 62.3 Å². The zero-order chi connectivity index (χ0) is 28.2. The molecule has 2 unspecified atom stereocenters. The number of fused-ring (bicyclic) bond motifs is 2. The number of likely N-dealkylation sites (tertiary alicyclic amines) is 1. The number of thioether (sulfide) groups is 1. The van der Waals surface area contributed by atoms with Crippen LogP contribution in [0.5, 0.6) is 5.75 Å². The fourth-order valence-corrected chi connectivity index (χ4v) is 7.91. The molecule has 2 aliphatic heterocycles. The lowest BCUT2D eigenvalue weighted by Gasteiger charge is -2.31. The van der Waals surface area contributed by atoms with E-state index in [0.717, 1.165) is 27.7 Å². The number of primary sulfonamides is 1. The normalized spacial score (nSPS) is 20.4. The van der Waals surface area contributed by atoms with Crippen molar-refractivity contribution in [2.24, 2.45) is 16.8 Å². The lowest BCUT2D eigenvalue weighted by atomic mass is 9.82.